The van der Waals surface area contributed by atoms with Gasteiger partial charge >= 0.3 is 0 Å². The summed E-state index contributed by atoms with van der Waals surface area (Å²) in [7, 11) is 0. The largest absolute Gasteiger partial charge is 0.306 e. The Morgan fingerprint density at radius 2 is 1.95 bits per heavy atom. The zero-order valence-corrected chi connectivity index (χ0v) is 10.7. The van der Waals surface area contributed by atoms with Gasteiger partial charge in [0.05, 0.1) is 11.6 Å². The Bertz CT molecular complexity index is 587. The molecule has 1 atom stereocenters. The van der Waals surface area contributed by atoms with E-state index in [0.29, 0.717) is 17.7 Å². The van der Waals surface area contributed by atoms with E-state index in [1.807, 2.05) is 43.3 Å². The highest BCUT2D eigenvalue weighted by Gasteiger charge is 2.07. The van der Waals surface area contributed by atoms with Crippen molar-refractivity contribution < 1.29 is 4.39 Å². The Kier molecular flexibility index (Phi) is 4.27. The summed E-state index contributed by atoms with van der Waals surface area (Å²) in [5.74, 6) is -0.285. The second-order valence-electron chi connectivity index (χ2n) is 4.43. The van der Waals surface area contributed by atoms with E-state index in [2.05, 4.69) is 5.32 Å². The number of hydrogen-bond acceptors (Lipinski definition) is 2. The van der Waals surface area contributed by atoms with Gasteiger partial charge in [-0.25, -0.2) is 4.39 Å². The van der Waals surface area contributed by atoms with E-state index in [9.17, 15) is 4.39 Å². The van der Waals surface area contributed by atoms with Gasteiger partial charge in [-0.1, -0.05) is 30.3 Å². The Hall–Kier alpha value is -2.18. The zero-order valence-electron chi connectivity index (χ0n) is 10.7. The number of nitriles is 1. The summed E-state index contributed by atoms with van der Waals surface area (Å²) in [6, 6.07) is 16.5. The van der Waals surface area contributed by atoms with Crippen molar-refractivity contribution in [2.45, 2.75) is 19.5 Å². The number of hydrogen-bond donors (Lipinski definition) is 1. The van der Waals surface area contributed by atoms with Crippen LogP contribution in [0.4, 0.5) is 4.39 Å². The Morgan fingerprint density at radius 1 is 1.21 bits per heavy atom. The summed E-state index contributed by atoms with van der Waals surface area (Å²) in [5.41, 5.74) is 2.15. The lowest BCUT2D eigenvalue weighted by Gasteiger charge is -2.14. The van der Waals surface area contributed by atoms with E-state index in [1.165, 1.54) is 12.1 Å². The standard InChI is InChI=1S/C16H15FN2/c1-12(14-5-3-2-4-6-14)19-11-15-9-13(10-18)7-8-16(15)17/h2-9,12,19H,11H2,1H3/t12-/m1/s1. The summed E-state index contributed by atoms with van der Waals surface area (Å²) in [5, 5.41) is 12.1. The van der Waals surface area contributed by atoms with E-state index in [-0.39, 0.29) is 11.9 Å². The molecule has 0 bridgehead atoms. The highest BCUT2D eigenvalue weighted by molar-refractivity contribution is 5.33. The first-order valence-corrected chi connectivity index (χ1v) is 6.17. The maximum Gasteiger partial charge on any atom is 0.127 e. The summed E-state index contributed by atoms with van der Waals surface area (Å²) in [6.07, 6.45) is 0. The molecule has 0 unspecified atom stereocenters. The Balaban J connectivity index is 2.05. The van der Waals surface area contributed by atoms with E-state index in [4.69, 9.17) is 5.26 Å². The van der Waals surface area contributed by atoms with Gasteiger partial charge in [-0.2, -0.15) is 5.26 Å². The SMILES string of the molecule is C[C@@H](NCc1cc(C#N)ccc1F)c1ccccc1. The van der Waals surface area contributed by atoms with Gasteiger partial charge in [0.1, 0.15) is 5.82 Å². The van der Waals surface area contributed by atoms with Crippen LogP contribution < -0.4 is 5.32 Å². The smallest absolute Gasteiger partial charge is 0.127 e. The molecule has 0 aliphatic rings. The van der Waals surface area contributed by atoms with Crippen LogP contribution in [0.2, 0.25) is 0 Å². The number of benzene rings is 2. The molecule has 96 valence electrons. The Labute approximate surface area is 112 Å². The molecule has 1 N–H and O–H groups in total. The van der Waals surface area contributed by atoms with Crippen LogP contribution in [0.1, 0.15) is 29.7 Å². The Morgan fingerprint density at radius 3 is 2.63 bits per heavy atom. The second-order valence-corrected chi connectivity index (χ2v) is 4.43. The van der Waals surface area contributed by atoms with Crippen molar-refractivity contribution in [3.8, 4) is 6.07 Å². The second kappa shape index (κ2) is 6.12. The fraction of sp³-hybridized carbons (Fsp3) is 0.188. The fourth-order valence-corrected chi connectivity index (χ4v) is 1.90. The topological polar surface area (TPSA) is 35.8 Å². The van der Waals surface area contributed by atoms with Crippen LogP contribution in [-0.4, -0.2) is 0 Å². The number of nitrogens with zero attached hydrogens (tertiary/aromatic N) is 1. The minimum atomic E-state index is -0.285. The normalized spacial score (nSPS) is 11.8. The third-order valence-electron chi connectivity index (χ3n) is 3.07. The lowest BCUT2D eigenvalue weighted by Crippen LogP contribution is -2.18. The molecule has 2 aromatic carbocycles. The first kappa shape index (κ1) is 13.3. The molecule has 2 nitrogen and oxygen atoms in total. The highest BCUT2D eigenvalue weighted by Crippen LogP contribution is 2.14. The maximum absolute atomic E-state index is 13.6. The zero-order chi connectivity index (χ0) is 13.7. The number of nitrogens with one attached hydrogen (secondary N) is 1. The van der Waals surface area contributed by atoms with Crippen molar-refractivity contribution in [3.05, 3.63) is 71.0 Å². The van der Waals surface area contributed by atoms with Gasteiger partial charge in [-0.3, -0.25) is 0 Å². The van der Waals surface area contributed by atoms with Gasteiger partial charge in [0.2, 0.25) is 0 Å². The monoisotopic (exact) mass is 254 g/mol. The van der Waals surface area contributed by atoms with Crippen LogP contribution in [0.15, 0.2) is 48.5 Å². The van der Waals surface area contributed by atoms with Crippen LogP contribution in [0.5, 0.6) is 0 Å². The van der Waals surface area contributed by atoms with Crippen molar-refractivity contribution in [1.29, 1.82) is 5.26 Å². The number of halogens is 1. The summed E-state index contributed by atoms with van der Waals surface area (Å²) in [6.45, 7) is 2.43. The first-order chi connectivity index (χ1) is 9.20. The average Bonchev–Trinajstić information content (AvgIpc) is 2.47. The maximum atomic E-state index is 13.6. The van der Waals surface area contributed by atoms with E-state index >= 15 is 0 Å². The molecule has 0 aromatic heterocycles. The van der Waals surface area contributed by atoms with Crippen LogP contribution in [-0.2, 0) is 6.54 Å². The van der Waals surface area contributed by atoms with Crippen molar-refractivity contribution >= 4 is 0 Å². The van der Waals surface area contributed by atoms with E-state index in [1.54, 1.807) is 6.07 Å². The van der Waals surface area contributed by atoms with Gasteiger partial charge < -0.3 is 5.32 Å². The molecule has 0 radical (unpaired) electrons. The molecule has 0 aliphatic heterocycles. The fourth-order valence-electron chi connectivity index (χ4n) is 1.90. The van der Waals surface area contributed by atoms with E-state index in [0.717, 1.165) is 5.56 Å². The molecule has 0 saturated heterocycles. The quantitative estimate of drug-likeness (QED) is 0.905. The lowest BCUT2D eigenvalue weighted by molar-refractivity contribution is 0.544. The first-order valence-electron chi connectivity index (χ1n) is 6.17. The molecule has 2 rings (SSSR count). The minimum absolute atomic E-state index is 0.131. The van der Waals surface area contributed by atoms with Crippen LogP contribution in [0.3, 0.4) is 0 Å². The predicted octanol–water partition coefficient (Wildman–Crippen LogP) is 3.55. The van der Waals surface area contributed by atoms with Gasteiger partial charge in [-0.15, -0.1) is 0 Å². The molecule has 3 heteroatoms. The molecular weight excluding hydrogens is 239 g/mol. The molecule has 0 amide bonds. The summed E-state index contributed by atoms with van der Waals surface area (Å²) < 4.78 is 13.6. The predicted molar refractivity (Wildman–Crippen MR) is 72.8 cm³/mol. The minimum Gasteiger partial charge on any atom is -0.306 e. The van der Waals surface area contributed by atoms with Crippen LogP contribution in [0, 0.1) is 17.1 Å². The third-order valence-corrected chi connectivity index (χ3v) is 3.07. The van der Waals surface area contributed by atoms with Crippen molar-refractivity contribution in [3.63, 3.8) is 0 Å². The molecular formula is C16H15FN2. The molecule has 2 aromatic rings. The summed E-state index contributed by atoms with van der Waals surface area (Å²) in [4.78, 5) is 0. The third kappa shape index (κ3) is 3.40. The molecule has 0 heterocycles. The van der Waals surface area contributed by atoms with Crippen LogP contribution >= 0.6 is 0 Å². The van der Waals surface area contributed by atoms with Crippen LogP contribution in [0.25, 0.3) is 0 Å². The van der Waals surface area contributed by atoms with Crippen molar-refractivity contribution in [2.75, 3.05) is 0 Å². The van der Waals surface area contributed by atoms with E-state index < -0.39 is 0 Å². The van der Waals surface area contributed by atoms with Crippen molar-refractivity contribution in [1.82, 2.24) is 5.32 Å². The molecule has 0 saturated carbocycles. The van der Waals surface area contributed by atoms with Gasteiger partial charge in [-0.05, 0) is 30.7 Å². The lowest BCUT2D eigenvalue weighted by atomic mass is 10.1. The molecule has 0 spiro atoms. The highest BCUT2D eigenvalue weighted by atomic mass is 19.1. The number of rotatable bonds is 4. The average molecular weight is 254 g/mol. The van der Waals surface area contributed by atoms with Gasteiger partial charge in [0.15, 0.2) is 0 Å². The molecule has 0 aliphatic carbocycles. The van der Waals surface area contributed by atoms with Crippen molar-refractivity contribution in [2.24, 2.45) is 0 Å². The van der Waals surface area contributed by atoms with Gasteiger partial charge in [0.25, 0.3) is 0 Å². The molecule has 19 heavy (non-hydrogen) atoms. The molecule has 0 fully saturated rings. The van der Waals surface area contributed by atoms with Gasteiger partial charge in [0, 0.05) is 18.2 Å². The summed E-state index contributed by atoms with van der Waals surface area (Å²) >= 11 is 0.